The number of rotatable bonds is 4. The molecule has 0 spiro atoms. The van der Waals surface area contributed by atoms with Gasteiger partial charge in [-0.3, -0.25) is 9.48 Å². The number of hydrogen-bond acceptors (Lipinski definition) is 2. The number of nitrogens with zero attached hydrogens (tertiary/aromatic N) is 2. The predicted octanol–water partition coefficient (Wildman–Crippen LogP) is 2.76. The summed E-state index contributed by atoms with van der Waals surface area (Å²) in [5.74, 6) is 1.00. The third-order valence-electron chi connectivity index (χ3n) is 3.41. The number of hydrogen-bond donors (Lipinski definition) is 0. The number of carbonyl (C=O) groups excluding carboxylic acids is 1. The molecule has 0 aliphatic heterocycles. The lowest BCUT2D eigenvalue weighted by molar-refractivity contribution is -0.115. The number of allylic oxidation sites excluding steroid dienone is 2. The highest BCUT2D eigenvalue weighted by molar-refractivity contribution is 5.96. The molecule has 0 saturated carbocycles. The Labute approximate surface area is 103 Å². The topological polar surface area (TPSA) is 34.9 Å². The van der Waals surface area contributed by atoms with Crippen molar-refractivity contribution < 1.29 is 4.79 Å². The molecule has 3 nitrogen and oxygen atoms in total. The highest BCUT2D eigenvalue weighted by atomic mass is 16.1. The molecule has 0 amide bonds. The molecule has 1 aromatic heterocycles. The van der Waals surface area contributed by atoms with Crippen LogP contribution in [-0.4, -0.2) is 15.6 Å². The average Bonchev–Trinajstić information content (AvgIpc) is 2.77. The van der Waals surface area contributed by atoms with Gasteiger partial charge in [-0.15, -0.1) is 0 Å². The molecule has 1 heterocycles. The van der Waals surface area contributed by atoms with Gasteiger partial charge < -0.3 is 0 Å². The Morgan fingerprint density at radius 2 is 2.41 bits per heavy atom. The first-order chi connectivity index (χ1) is 8.19. The van der Waals surface area contributed by atoms with Crippen LogP contribution in [0.3, 0.4) is 0 Å². The van der Waals surface area contributed by atoms with Crippen LogP contribution in [0.1, 0.15) is 38.7 Å². The molecule has 0 aromatic carbocycles. The van der Waals surface area contributed by atoms with Crippen molar-refractivity contribution in [1.82, 2.24) is 9.78 Å². The van der Waals surface area contributed by atoms with E-state index in [-0.39, 0.29) is 5.78 Å². The summed E-state index contributed by atoms with van der Waals surface area (Å²) in [4.78, 5) is 12.1. The lowest BCUT2D eigenvalue weighted by Crippen LogP contribution is -2.11. The van der Waals surface area contributed by atoms with E-state index in [0.717, 1.165) is 42.9 Å². The van der Waals surface area contributed by atoms with Gasteiger partial charge in [-0.25, -0.2) is 0 Å². The molecule has 1 atom stereocenters. The molecule has 2 rings (SSSR count). The Morgan fingerprint density at radius 1 is 1.59 bits per heavy atom. The van der Waals surface area contributed by atoms with Gasteiger partial charge in [0, 0.05) is 19.2 Å². The fraction of sp³-hybridized carbons (Fsp3) is 0.571. The van der Waals surface area contributed by atoms with Crippen LogP contribution in [0.4, 0.5) is 0 Å². The van der Waals surface area contributed by atoms with Crippen molar-refractivity contribution in [3.8, 4) is 0 Å². The molecule has 1 aliphatic carbocycles. The molecule has 1 unspecified atom stereocenters. The molecule has 92 valence electrons. The van der Waals surface area contributed by atoms with E-state index in [0.29, 0.717) is 6.42 Å². The summed E-state index contributed by atoms with van der Waals surface area (Å²) in [5.41, 5.74) is 2.05. The fourth-order valence-electron chi connectivity index (χ4n) is 2.19. The maximum absolute atomic E-state index is 12.1. The molecule has 0 bridgehead atoms. The van der Waals surface area contributed by atoms with Gasteiger partial charge in [0.2, 0.25) is 0 Å². The van der Waals surface area contributed by atoms with Crippen LogP contribution >= 0.6 is 0 Å². The minimum absolute atomic E-state index is 0.271. The number of aromatic nitrogens is 2. The van der Waals surface area contributed by atoms with Crippen molar-refractivity contribution in [3.63, 3.8) is 0 Å². The van der Waals surface area contributed by atoms with E-state index in [1.165, 1.54) is 0 Å². The van der Waals surface area contributed by atoms with E-state index < -0.39 is 0 Å². The lowest BCUT2D eigenvalue weighted by Gasteiger charge is -2.16. The summed E-state index contributed by atoms with van der Waals surface area (Å²) in [6.45, 7) is 5.14. The van der Waals surface area contributed by atoms with Gasteiger partial charge in [-0.05, 0) is 43.2 Å². The van der Waals surface area contributed by atoms with Gasteiger partial charge in [0.15, 0.2) is 5.78 Å². The smallest absolute Gasteiger partial charge is 0.163 e. The first kappa shape index (κ1) is 12.1. The first-order valence-electron chi connectivity index (χ1n) is 6.42. The fourth-order valence-corrected chi connectivity index (χ4v) is 2.19. The Bertz CT molecular complexity index is 431. The Morgan fingerprint density at radius 3 is 3.00 bits per heavy atom. The second-order valence-electron chi connectivity index (χ2n) is 4.91. The van der Waals surface area contributed by atoms with Gasteiger partial charge in [0.25, 0.3) is 0 Å². The van der Waals surface area contributed by atoms with Crippen molar-refractivity contribution >= 4 is 5.78 Å². The number of carbonyl (C=O) groups is 1. The summed E-state index contributed by atoms with van der Waals surface area (Å²) >= 11 is 0. The van der Waals surface area contributed by atoms with Gasteiger partial charge in [-0.2, -0.15) is 5.10 Å². The summed E-state index contributed by atoms with van der Waals surface area (Å²) in [6, 6.07) is 0. The zero-order valence-corrected chi connectivity index (χ0v) is 10.6. The van der Waals surface area contributed by atoms with Crippen LogP contribution in [0.15, 0.2) is 24.0 Å². The highest BCUT2D eigenvalue weighted by Crippen LogP contribution is 2.24. The molecule has 17 heavy (non-hydrogen) atoms. The largest absolute Gasteiger partial charge is 0.294 e. The number of Topliss-reactive ketones (excluding diaryl/α,β-unsaturated/α-hetero) is 1. The zero-order valence-electron chi connectivity index (χ0n) is 10.6. The molecule has 1 aromatic rings. The van der Waals surface area contributed by atoms with Crippen LogP contribution in [0.2, 0.25) is 0 Å². The van der Waals surface area contributed by atoms with Crippen LogP contribution in [0.25, 0.3) is 0 Å². The van der Waals surface area contributed by atoms with Crippen LogP contribution in [0.5, 0.6) is 0 Å². The Hall–Kier alpha value is -1.38. The van der Waals surface area contributed by atoms with Crippen molar-refractivity contribution in [3.05, 3.63) is 29.6 Å². The van der Waals surface area contributed by atoms with E-state index in [1.807, 2.05) is 17.8 Å². The molecular formula is C14H20N2O. The second kappa shape index (κ2) is 5.30. The SMILES string of the molecule is CCn1cc(CC(=O)C2=CCC(C)CC2)cn1. The van der Waals surface area contributed by atoms with Crippen LogP contribution in [-0.2, 0) is 17.8 Å². The highest BCUT2D eigenvalue weighted by Gasteiger charge is 2.16. The van der Waals surface area contributed by atoms with E-state index >= 15 is 0 Å². The minimum Gasteiger partial charge on any atom is -0.294 e. The third kappa shape index (κ3) is 3.05. The normalized spacial score (nSPS) is 20.1. The lowest BCUT2D eigenvalue weighted by atomic mass is 9.88. The first-order valence-corrected chi connectivity index (χ1v) is 6.42. The van der Waals surface area contributed by atoms with E-state index in [4.69, 9.17) is 0 Å². The quantitative estimate of drug-likeness (QED) is 0.800. The van der Waals surface area contributed by atoms with Crippen LogP contribution in [0, 0.1) is 5.92 Å². The van der Waals surface area contributed by atoms with Crippen molar-refractivity contribution in [1.29, 1.82) is 0 Å². The summed E-state index contributed by atoms with van der Waals surface area (Å²) in [6.07, 6.45) is 9.53. The Kier molecular flexibility index (Phi) is 3.77. The van der Waals surface area contributed by atoms with Crippen molar-refractivity contribution in [2.24, 2.45) is 5.92 Å². The molecule has 0 fully saturated rings. The molecule has 0 radical (unpaired) electrons. The molecule has 0 N–H and O–H groups in total. The summed E-state index contributed by atoms with van der Waals surface area (Å²) in [7, 11) is 0. The minimum atomic E-state index is 0.271. The van der Waals surface area contributed by atoms with Gasteiger partial charge >= 0.3 is 0 Å². The molecular weight excluding hydrogens is 212 g/mol. The van der Waals surface area contributed by atoms with Crippen LogP contribution < -0.4 is 0 Å². The monoisotopic (exact) mass is 232 g/mol. The van der Waals surface area contributed by atoms with Gasteiger partial charge in [0.1, 0.15) is 0 Å². The maximum Gasteiger partial charge on any atom is 0.163 e. The zero-order chi connectivity index (χ0) is 12.3. The Balaban J connectivity index is 1.97. The van der Waals surface area contributed by atoms with E-state index in [2.05, 4.69) is 18.1 Å². The molecule has 1 aliphatic rings. The third-order valence-corrected chi connectivity index (χ3v) is 3.41. The van der Waals surface area contributed by atoms with E-state index in [9.17, 15) is 4.79 Å². The van der Waals surface area contributed by atoms with Crippen molar-refractivity contribution in [2.45, 2.75) is 46.1 Å². The number of aryl methyl sites for hydroxylation is 1. The molecule has 3 heteroatoms. The summed E-state index contributed by atoms with van der Waals surface area (Å²) < 4.78 is 1.86. The number of ketones is 1. The van der Waals surface area contributed by atoms with Gasteiger partial charge in [0.05, 0.1) is 6.20 Å². The van der Waals surface area contributed by atoms with E-state index in [1.54, 1.807) is 6.20 Å². The standard InChI is InChI=1S/C14H20N2O/c1-3-16-10-12(9-15-16)8-14(17)13-6-4-11(2)5-7-13/h6,9-11H,3-5,7-8H2,1-2H3. The predicted molar refractivity (Wildman–Crippen MR) is 67.7 cm³/mol. The molecule has 0 saturated heterocycles. The average molecular weight is 232 g/mol. The van der Waals surface area contributed by atoms with Gasteiger partial charge in [-0.1, -0.05) is 13.0 Å². The second-order valence-corrected chi connectivity index (χ2v) is 4.91. The maximum atomic E-state index is 12.1. The summed E-state index contributed by atoms with van der Waals surface area (Å²) in [5, 5.41) is 4.19. The van der Waals surface area contributed by atoms with Crippen molar-refractivity contribution in [2.75, 3.05) is 0 Å².